The molecule has 13 heavy (non-hydrogen) atoms. The second-order valence-corrected chi connectivity index (χ2v) is 3.27. The zero-order chi connectivity index (χ0) is 9.26. The Kier molecular flexibility index (Phi) is 2.07. The molecule has 2 rings (SSSR count). The minimum Gasteiger partial charge on any atom is -0.325 e. The Balaban J connectivity index is 2.35. The van der Waals surface area contributed by atoms with Crippen molar-refractivity contribution in [2.75, 3.05) is 0 Å². The molecule has 0 spiro atoms. The van der Waals surface area contributed by atoms with Crippen molar-refractivity contribution in [3.63, 3.8) is 0 Å². The van der Waals surface area contributed by atoms with Crippen molar-refractivity contribution in [2.24, 2.45) is 5.73 Å². The molecule has 2 aromatic heterocycles. The van der Waals surface area contributed by atoms with Crippen LogP contribution in [0.25, 0.3) is 5.13 Å². The van der Waals surface area contributed by atoms with Gasteiger partial charge in [-0.3, -0.25) is 0 Å². The summed E-state index contributed by atoms with van der Waals surface area (Å²) < 4.78 is 14.0. The maximum atomic E-state index is 12.6. The Labute approximate surface area is 77.8 Å². The van der Waals surface area contributed by atoms with Gasteiger partial charge in [-0.25, -0.2) is 14.1 Å². The molecule has 0 aromatic carbocycles. The monoisotopic (exact) mass is 198 g/mol. The molecule has 2 aromatic rings. The van der Waals surface area contributed by atoms with Crippen LogP contribution < -0.4 is 5.73 Å². The van der Waals surface area contributed by atoms with E-state index in [4.69, 9.17) is 5.73 Å². The van der Waals surface area contributed by atoms with E-state index in [0.717, 1.165) is 11.9 Å². The van der Waals surface area contributed by atoms with Crippen LogP contribution in [0.1, 0.15) is 5.69 Å². The molecule has 0 aliphatic carbocycles. The summed E-state index contributed by atoms with van der Waals surface area (Å²) >= 11 is 1.38. The fraction of sp³-hybridized carbons (Fsp3) is 0.143. The molecule has 0 radical (unpaired) electrons. The number of nitrogens with zero attached hydrogens (tertiary/aromatic N) is 3. The van der Waals surface area contributed by atoms with Crippen LogP contribution in [0.4, 0.5) is 4.39 Å². The van der Waals surface area contributed by atoms with Crippen molar-refractivity contribution in [2.45, 2.75) is 6.54 Å². The number of hydrogen-bond acceptors (Lipinski definition) is 4. The van der Waals surface area contributed by atoms with Crippen LogP contribution in [0.5, 0.6) is 0 Å². The van der Waals surface area contributed by atoms with Gasteiger partial charge in [-0.2, -0.15) is 5.10 Å². The van der Waals surface area contributed by atoms with E-state index in [9.17, 15) is 4.39 Å². The lowest BCUT2D eigenvalue weighted by molar-refractivity contribution is 0.627. The molecule has 4 nitrogen and oxygen atoms in total. The largest absolute Gasteiger partial charge is 0.325 e. The number of nitrogens with two attached hydrogens (primary N) is 1. The molecule has 0 aliphatic heterocycles. The summed E-state index contributed by atoms with van der Waals surface area (Å²) in [5.74, 6) is -0.371. The molecule has 0 bridgehead atoms. The topological polar surface area (TPSA) is 56.7 Å². The van der Waals surface area contributed by atoms with Gasteiger partial charge < -0.3 is 5.73 Å². The zero-order valence-corrected chi connectivity index (χ0v) is 7.46. The van der Waals surface area contributed by atoms with Crippen molar-refractivity contribution >= 4 is 11.3 Å². The van der Waals surface area contributed by atoms with Crippen LogP contribution in [0, 0.1) is 5.82 Å². The van der Waals surface area contributed by atoms with E-state index < -0.39 is 0 Å². The molecular formula is C7H7FN4S. The molecule has 0 atom stereocenters. The Morgan fingerprint density at radius 2 is 2.46 bits per heavy atom. The van der Waals surface area contributed by atoms with E-state index in [1.165, 1.54) is 22.2 Å². The zero-order valence-electron chi connectivity index (χ0n) is 6.64. The average molecular weight is 198 g/mol. The molecule has 2 heterocycles. The Bertz CT molecular complexity index is 408. The number of hydrogen-bond donors (Lipinski definition) is 1. The van der Waals surface area contributed by atoms with Gasteiger partial charge in [0.2, 0.25) is 5.13 Å². The first-order valence-electron chi connectivity index (χ1n) is 3.64. The highest BCUT2D eigenvalue weighted by atomic mass is 32.1. The summed E-state index contributed by atoms with van der Waals surface area (Å²) in [7, 11) is 0. The molecule has 0 fully saturated rings. The van der Waals surface area contributed by atoms with Gasteiger partial charge in [0.25, 0.3) is 0 Å². The summed E-state index contributed by atoms with van der Waals surface area (Å²) in [5.41, 5.74) is 6.17. The molecule has 0 unspecified atom stereocenters. The SMILES string of the molecule is NCc1csc(-n2cc(F)cn2)n1. The van der Waals surface area contributed by atoms with E-state index in [1.54, 1.807) is 0 Å². The molecule has 0 saturated heterocycles. The highest BCUT2D eigenvalue weighted by Gasteiger charge is 2.04. The van der Waals surface area contributed by atoms with Gasteiger partial charge in [0.15, 0.2) is 5.82 Å². The summed E-state index contributed by atoms with van der Waals surface area (Å²) in [5, 5.41) is 6.24. The Morgan fingerprint density at radius 3 is 3.00 bits per heavy atom. The third kappa shape index (κ3) is 1.58. The van der Waals surface area contributed by atoms with Gasteiger partial charge >= 0.3 is 0 Å². The van der Waals surface area contributed by atoms with Crippen molar-refractivity contribution in [3.8, 4) is 5.13 Å². The number of aromatic nitrogens is 3. The maximum absolute atomic E-state index is 12.6. The van der Waals surface area contributed by atoms with Crippen LogP contribution in [0.15, 0.2) is 17.8 Å². The Morgan fingerprint density at radius 1 is 1.62 bits per heavy atom. The second-order valence-electron chi connectivity index (χ2n) is 2.43. The van der Waals surface area contributed by atoms with E-state index >= 15 is 0 Å². The standard InChI is InChI=1S/C7H7FN4S/c8-5-2-10-12(3-5)7-11-6(1-9)4-13-7/h2-4H,1,9H2. The van der Waals surface area contributed by atoms with Crippen LogP contribution in [0.3, 0.4) is 0 Å². The predicted octanol–water partition coefficient (Wildman–Crippen LogP) is 0.927. The number of halogens is 1. The maximum Gasteiger partial charge on any atom is 0.210 e. The van der Waals surface area contributed by atoms with E-state index in [-0.39, 0.29) is 5.82 Å². The quantitative estimate of drug-likeness (QED) is 0.780. The van der Waals surface area contributed by atoms with Crippen molar-refractivity contribution in [3.05, 3.63) is 29.3 Å². The molecule has 0 amide bonds. The summed E-state index contributed by atoms with van der Waals surface area (Å²) in [6, 6.07) is 0. The molecule has 68 valence electrons. The van der Waals surface area contributed by atoms with Gasteiger partial charge in [0.05, 0.1) is 18.1 Å². The van der Waals surface area contributed by atoms with Crippen molar-refractivity contribution < 1.29 is 4.39 Å². The third-order valence-corrected chi connectivity index (χ3v) is 2.37. The Hall–Kier alpha value is -1.27. The van der Waals surface area contributed by atoms with Crippen molar-refractivity contribution in [1.82, 2.24) is 14.8 Å². The molecule has 6 heteroatoms. The van der Waals surface area contributed by atoms with E-state index in [1.807, 2.05) is 5.38 Å². The molecule has 0 saturated carbocycles. The molecular weight excluding hydrogens is 191 g/mol. The lowest BCUT2D eigenvalue weighted by Crippen LogP contribution is -1.98. The van der Waals surface area contributed by atoms with Crippen LogP contribution in [0.2, 0.25) is 0 Å². The van der Waals surface area contributed by atoms with Crippen LogP contribution in [-0.4, -0.2) is 14.8 Å². The van der Waals surface area contributed by atoms with Gasteiger partial charge in [0.1, 0.15) is 0 Å². The minimum absolute atomic E-state index is 0.371. The lowest BCUT2D eigenvalue weighted by atomic mass is 10.5. The highest BCUT2D eigenvalue weighted by molar-refractivity contribution is 7.12. The van der Waals surface area contributed by atoms with Crippen LogP contribution in [-0.2, 0) is 6.54 Å². The number of thiazole rings is 1. The van der Waals surface area contributed by atoms with E-state index in [2.05, 4.69) is 10.1 Å². The third-order valence-electron chi connectivity index (χ3n) is 1.50. The first-order chi connectivity index (χ1) is 6.29. The fourth-order valence-corrected chi connectivity index (χ4v) is 1.67. The summed E-state index contributed by atoms with van der Waals surface area (Å²) in [6.07, 6.45) is 2.42. The fourth-order valence-electron chi connectivity index (χ4n) is 0.901. The van der Waals surface area contributed by atoms with E-state index in [0.29, 0.717) is 11.7 Å². The van der Waals surface area contributed by atoms with Gasteiger partial charge in [-0.1, -0.05) is 0 Å². The van der Waals surface area contributed by atoms with Gasteiger partial charge in [0, 0.05) is 11.9 Å². The first-order valence-corrected chi connectivity index (χ1v) is 4.52. The molecule has 0 aliphatic rings. The summed E-state index contributed by atoms with van der Waals surface area (Å²) in [4.78, 5) is 4.14. The number of rotatable bonds is 2. The van der Waals surface area contributed by atoms with Crippen molar-refractivity contribution in [1.29, 1.82) is 0 Å². The first kappa shape index (κ1) is 8.33. The second kappa shape index (κ2) is 3.23. The average Bonchev–Trinajstić information content (AvgIpc) is 2.71. The highest BCUT2D eigenvalue weighted by Crippen LogP contribution is 2.13. The molecule has 2 N–H and O–H groups in total. The normalized spacial score (nSPS) is 10.6. The van der Waals surface area contributed by atoms with Crippen LogP contribution >= 0.6 is 11.3 Å². The minimum atomic E-state index is -0.371. The smallest absolute Gasteiger partial charge is 0.210 e. The van der Waals surface area contributed by atoms with Gasteiger partial charge in [-0.05, 0) is 0 Å². The summed E-state index contributed by atoms with van der Waals surface area (Å²) in [6.45, 7) is 0.389. The lowest BCUT2D eigenvalue weighted by Gasteiger charge is -1.91. The van der Waals surface area contributed by atoms with Gasteiger partial charge in [-0.15, -0.1) is 11.3 Å². The predicted molar refractivity (Wildman–Crippen MR) is 47.1 cm³/mol.